The van der Waals surface area contributed by atoms with Gasteiger partial charge in [-0.25, -0.2) is 0 Å². The summed E-state index contributed by atoms with van der Waals surface area (Å²) in [5, 5.41) is 0. The number of hydrogen-bond acceptors (Lipinski definition) is 2. The van der Waals surface area contributed by atoms with Crippen LogP contribution in [-0.4, -0.2) is 15.0 Å². The molecule has 0 bridgehead atoms. The Morgan fingerprint density at radius 2 is 1.50 bits per heavy atom. The number of nitrogens with zero attached hydrogens (tertiary/aromatic N) is 1. The van der Waals surface area contributed by atoms with Gasteiger partial charge in [-0.05, 0) is 0 Å². The molecule has 0 saturated carbocycles. The van der Waals surface area contributed by atoms with Gasteiger partial charge in [0.05, 0.1) is 0 Å². The molecule has 0 atom stereocenters. The number of fused-ring (bicyclic) bond motifs is 2. The Balaban J connectivity index is 2.02. The third-order valence-electron chi connectivity index (χ3n) is 4.44. The van der Waals surface area contributed by atoms with Crippen molar-refractivity contribution in [2.24, 2.45) is 0 Å². The molecule has 1 aromatic heterocycles. The van der Waals surface area contributed by atoms with Crippen LogP contribution in [0.15, 0.2) is 40.8 Å². The molecule has 3 heteroatoms. The zero-order valence-electron chi connectivity index (χ0n) is 14.7. The van der Waals surface area contributed by atoms with Gasteiger partial charge < -0.3 is 0 Å². The average Bonchev–Trinajstić information content (AvgIpc) is 2.85. The second-order valence-corrected chi connectivity index (χ2v) is 8.96. The van der Waals surface area contributed by atoms with E-state index in [1.165, 1.54) is 42.6 Å². The quantitative estimate of drug-likeness (QED) is 0.458. The number of benzene rings is 2. The number of hydrogen-bond donors (Lipinski definition) is 0. The fourth-order valence-electron chi connectivity index (χ4n) is 3.57. The molecule has 0 fully saturated rings. The van der Waals surface area contributed by atoms with Crippen LogP contribution in [0.25, 0.3) is 0 Å². The molecule has 24 heavy (non-hydrogen) atoms. The molecular weight excluding hydrogens is 361 g/mol. The summed E-state index contributed by atoms with van der Waals surface area (Å²) in [6.07, 6.45) is 0. The molecule has 2 nitrogen and oxygen atoms in total. The minimum absolute atomic E-state index is 0.289. The molecule has 122 valence electrons. The van der Waals surface area contributed by atoms with Crippen LogP contribution in [0.1, 0.15) is 28.0 Å². The van der Waals surface area contributed by atoms with E-state index in [0.717, 1.165) is 11.6 Å². The molecule has 3 aromatic rings. The summed E-state index contributed by atoms with van der Waals surface area (Å²) in [5.41, 5.74) is 7.70. The maximum atomic E-state index is 6.14. The van der Waals surface area contributed by atoms with Gasteiger partial charge in [-0.2, -0.15) is 0 Å². The van der Waals surface area contributed by atoms with Crippen LogP contribution in [0.3, 0.4) is 0 Å². The van der Waals surface area contributed by atoms with Crippen LogP contribution >= 0.6 is 0 Å². The number of furan rings is 1. The van der Waals surface area contributed by atoms with Gasteiger partial charge in [0.25, 0.3) is 0 Å². The van der Waals surface area contributed by atoms with Gasteiger partial charge in [0, 0.05) is 0 Å². The number of rotatable bonds is 1. The molecule has 0 unspecified atom stereocenters. The summed E-state index contributed by atoms with van der Waals surface area (Å²) in [6, 6.07) is 13.5. The van der Waals surface area contributed by atoms with Crippen molar-refractivity contribution in [2.45, 2.75) is 34.6 Å². The van der Waals surface area contributed by atoms with Gasteiger partial charge >= 0.3 is 149 Å². The monoisotopic (exact) mass is 383 g/mol. The third-order valence-corrected chi connectivity index (χ3v) is 6.66. The summed E-state index contributed by atoms with van der Waals surface area (Å²) in [6.45, 7) is 10.7. The number of anilines is 3. The minimum atomic E-state index is 0.289. The Labute approximate surface area is 149 Å². The van der Waals surface area contributed by atoms with Crippen molar-refractivity contribution >= 4 is 41.1 Å². The van der Waals surface area contributed by atoms with Gasteiger partial charge in [-0.1, -0.05) is 0 Å². The number of aryl methyl sites for hydroxylation is 5. The van der Waals surface area contributed by atoms with E-state index in [-0.39, 0.29) is 15.0 Å². The Hall–Kier alpha value is -1.96. The third kappa shape index (κ3) is 2.40. The molecule has 0 saturated heterocycles. The first-order chi connectivity index (χ1) is 11.4. The first-order valence-corrected chi connectivity index (χ1v) is 9.92. The fourth-order valence-corrected chi connectivity index (χ4v) is 6.07. The second-order valence-electron chi connectivity index (χ2n) is 6.68. The summed E-state index contributed by atoms with van der Waals surface area (Å²) in [5.74, 6) is 1.98. The predicted octanol–water partition coefficient (Wildman–Crippen LogP) is 4.26. The fraction of sp³-hybridized carbons (Fsp3) is 0.238. The molecular formula is C21H21NOSe. The molecule has 0 N–H and O–H groups in total. The first-order valence-electron chi connectivity index (χ1n) is 8.21. The zero-order chi connectivity index (χ0) is 17.0. The Morgan fingerprint density at radius 3 is 2.21 bits per heavy atom. The van der Waals surface area contributed by atoms with E-state index in [1.807, 2.05) is 6.92 Å². The van der Waals surface area contributed by atoms with Crippen LogP contribution < -0.4 is 13.8 Å². The van der Waals surface area contributed by atoms with Crippen LogP contribution in [0, 0.1) is 34.6 Å². The van der Waals surface area contributed by atoms with Crippen molar-refractivity contribution in [1.82, 2.24) is 0 Å². The molecule has 2 heterocycles. The first kappa shape index (κ1) is 15.6. The molecule has 0 radical (unpaired) electrons. The predicted molar refractivity (Wildman–Crippen MR) is 102 cm³/mol. The maximum absolute atomic E-state index is 6.14. The second kappa shape index (κ2) is 5.54. The van der Waals surface area contributed by atoms with Crippen molar-refractivity contribution in [3.63, 3.8) is 0 Å². The molecule has 1 aliphatic rings. The van der Waals surface area contributed by atoms with Crippen molar-refractivity contribution in [2.75, 3.05) is 4.90 Å². The molecule has 0 amide bonds. The van der Waals surface area contributed by atoms with Crippen LogP contribution in [0.4, 0.5) is 17.3 Å². The molecule has 0 spiro atoms. The molecule has 2 aromatic carbocycles. The van der Waals surface area contributed by atoms with E-state index in [2.05, 4.69) is 69.0 Å². The topological polar surface area (TPSA) is 16.4 Å². The summed E-state index contributed by atoms with van der Waals surface area (Å²) in [7, 11) is 0. The summed E-state index contributed by atoms with van der Waals surface area (Å²) < 4.78 is 8.90. The Morgan fingerprint density at radius 1 is 0.792 bits per heavy atom. The summed E-state index contributed by atoms with van der Waals surface area (Å²) in [4.78, 5) is 2.33. The van der Waals surface area contributed by atoms with E-state index in [9.17, 15) is 0 Å². The van der Waals surface area contributed by atoms with Crippen molar-refractivity contribution in [1.29, 1.82) is 0 Å². The molecule has 0 aliphatic carbocycles. The van der Waals surface area contributed by atoms with Gasteiger partial charge in [0.15, 0.2) is 0 Å². The van der Waals surface area contributed by atoms with Crippen molar-refractivity contribution in [3.05, 3.63) is 64.4 Å². The van der Waals surface area contributed by atoms with Gasteiger partial charge in [-0.15, -0.1) is 0 Å². The van der Waals surface area contributed by atoms with Gasteiger partial charge in [0.2, 0.25) is 0 Å². The average molecular weight is 382 g/mol. The normalized spacial score (nSPS) is 13.0. The van der Waals surface area contributed by atoms with Crippen LogP contribution in [0.2, 0.25) is 0 Å². The van der Waals surface area contributed by atoms with Crippen LogP contribution in [-0.2, 0) is 0 Å². The van der Waals surface area contributed by atoms with Crippen molar-refractivity contribution < 1.29 is 4.42 Å². The Kier molecular flexibility index (Phi) is 3.59. The zero-order valence-corrected chi connectivity index (χ0v) is 16.4. The Bertz CT molecular complexity index is 931. The van der Waals surface area contributed by atoms with Crippen LogP contribution in [0.5, 0.6) is 0 Å². The van der Waals surface area contributed by atoms with Gasteiger partial charge in [0.1, 0.15) is 0 Å². The van der Waals surface area contributed by atoms with E-state index < -0.39 is 0 Å². The van der Waals surface area contributed by atoms with E-state index >= 15 is 0 Å². The summed E-state index contributed by atoms with van der Waals surface area (Å²) >= 11 is 0.289. The van der Waals surface area contributed by atoms with Crippen molar-refractivity contribution in [3.8, 4) is 0 Å². The molecule has 1 aliphatic heterocycles. The molecule has 4 rings (SSSR count). The standard InChI is InChI=1S/C21H21NOSe/c1-12-6-7-17-18(10-12)24-19-11-16(5)23-21(19)22(17)20-14(3)8-13(2)9-15(20)4/h6-11H,1-5H3. The van der Waals surface area contributed by atoms with E-state index in [1.54, 1.807) is 0 Å². The SMILES string of the molecule is Cc1cc(C)c(N2c3ccc(C)cc3[Se]c3cc(C)oc32)c(C)c1. The van der Waals surface area contributed by atoms with E-state index in [4.69, 9.17) is 4.42 Å². The van der Waals surface area contributed by atoms with E-state index in [0.29, 0.717) is 0 Å². The van der Waals surface area contributed by atoms with Gasteiger partial charge in [-0.3, -0.25) is 0 Å².